The van der Waals surface area contributed by atoms with Gasteiger partial charge in [-0.25, -0.2) is 13.0 Å². The summed E-state index contributed by atoms with van der Waals surface area (Å²) in [4.78, 5) is 1.04. The molecule has 5 rings (SSSR count). The fourth-order valence-corrected chi connectivity index (χ4v) is 7.49. The van der Waals surface area contributed by atoms with Crippen molar-refractivity contribution in [2.24, 2.45) is 0 Å². The molecule has 15 heteroatoms. The van der Waals surface area contributed by atoms with Crippen LogP contribution in [-0.2, 0) is 43.4 Å². The number of hydrogen-bond acceptors (Lipinski definition) is 9. The lowest BCUT2D eigenvalue weighted by Crippen LogP contribution is -2.22. The number of hydrogen-bond donors (Lipinski definition) is 3. The summed E-state index contributed by atoms with van der Waals surface area (Å²) in [6.45, 7) is 5.94. The second-order valence-corrected chi connectivity index (χ2v) is 16.1. The zero-order valence-electron chi connectivity index (χ0n) is 28.1. The Bertz CT molecular complexity index is 2420. The molecule has 0 amide bonds. The van der Waals surface area contributed by atoms with E-state index in [0.717, 1.165) is 28.6 Å². The number of allylic oxidation sites excluding steroid dienone is 5. The van der Waals surface area contributed by atoms with E-state index in [1.54, 1.807) is 48.6 Å². The zero-order chi connectivity index (χ0) is 37.8. The highest BCUT2D eigenvalue weighted by Crippen LogP contribution is 2.36. The van der Waals surface area contributed by atoms with Crippen molar-refractivity contribution in [3.8, 4) is 5.75 Å². The van der Waals surface area contributed by atoms with Gasteiger partial charge in [0.1, 0.15) is 22.4 Å². The molecule has 0 unspecified atom stereocenters. The summed E-state index contributed by atoms with van der Waals surface area (Å²) in [6, 6.07) is 22.7. The molecule has 0 spiro atoms. The maximum absolute atomic E-state index is 12.4. The van der Waals surface area contributed by atoms with E-state index < -0.39 is 35.2 Å². The first-order valence-corrected chi connectivity index (χ1v) is 20.3. The van der Waals surface area contributed by atoms with Crippen LogP contribution in [0.25, 0.3) is 5.57 Å². The van der Waals surface area contributed by atoms with Crippen LogP contribution in [0, 0.1) is 0 Å². The minimum atomic E-state index is -5.02. The second-order valence-electron chi connectivity index (χ2n) is 11.9. The Kier molecular flexibility index (Phi) is 11.3. The first-order valence-electron chi connectivity index (χ1n) is 16.0. The van der Waals surface area contributed by atoms with Gasteiger partial charge in [-0.2, -0.15) is 16.8 Å². The summed E-state index contributed by atoms with van der Waals surface area (Å²) >= 11 is 0. The van der Waals surface area contributed by atoms with E-state index in [4.69, 9.17) is 0 Å². The van der Waals surface area contributed by atoms with Gasteiger partial charge in [-0.1, -0.05) is 36.4 Å². The summed E-state index contributed by atoms with van der Waals surface area (Å²) in [6.07, 6.45) is 7.28. The minimum Gasteiger partial charge on any atom is -0.744 e. The van der Waals surface area contributed by atoms with Gasteiger partial charge in [0.15, 0.2) is 12.3 Å². The monoisotopic (exact) mass is 764 g/mol. The van der Waals surface area contributed by atoms with Crippen molar-refractivity contribution in [3.05, 3.63) is 143 Å². The highest BCUT2D eigenvalue weighted by atomic mass is 32.2. The smallest absolute Gasteiger partial charge is 0.294 e. The summed E-state index contributed by atoms with van der Waals surface area (Å²) in [5, 5.41) is 10.1. The molecule has 1 aliphatic rings. The molecule has 4 aromatic carbocycles. The Morgan fingerprint density at radius 1 is 0.712 bits per heavy atom. The second kappa shape index (κ2) is 15.4. The Morgan fingerprint density at radius 2 is 1.25 bits per heavy atom. The predicted octanol–water partition coefficient (Wildman–Crippen LogP) is 5.42. The number of nitrogens with zero attached hydrogens (tertiary/aromatic N) is 2. The molecular weight excluding hydrogens is 729 g/mol. The molecule has 4 aromatic rings. The van der Waals surface area contributed by atoms with E-state index >= 15 is 0 Å². The van der Waals surface area contributed by atoms with Gasteiger partial charge in [0.25, 0.3) is 20.2 Å². The molecular formula is C37H36N2O10S3. The average molecular weight is 765 g/mol. The number of phenols is 1. The molecule has 0 aliphatic heterocycles. The van der Waals surface area contributed by atoms with Gasteiger partial charge >= 0.3 is 0 Å². The highest BCUT2D eigenvalue weighted by molar-refractivity contribution is 7.86. The molecule has 0 atom stereocenters. The molecule has 52 heavy (non-hydrogen) atoms. The van der Waals surface area contributed by atoms with Crippen LogP contribution >= 0.6 is 0 Å². The van der Waals surface area contributed by atoms with Crippen molar-refractivity contribution >= 4 is 47.3 Å². The molecule has 1 aliphatic carbocycles. The molecule has 272 valence electrons. The Morgan fingerprint density at radius 3 is 1.73 bits per heavy atom. The average Bonchev–Trinajstić information content (AvgIpc) is 3.10. The van der Waals surface area contributed by atoms with Gasteiger partial charge in [0, 0.05) is 42.1 Å². The number of aromatic hydroxyl groups is 1. The number of rotatable bonds is 12. The Labute approximate surface area is 303 Å². The fourth-order valence-electron chi connectivity index (χ4n) is 5.83. The van der Waals surface area contributed by atoms with Gasteiger partial charge in [0.2, 0.25) is 0 Å². The highest BCUT2D eigenvalue weighted by Gasteiger charge is 2.21. The zero-order valence-corrected chi connectivity index (χ0v) is 30.6. The van der Waals surface area contributed by atoms with Crippen molar-refractivity contribution < 1.29 is 48.6 Å². The Hall–Kier alpha value is -4.90. The van der Waals surface area contributed by atoms with Crippen molar-refractivity contribution in [1.82, 2.24) is 0 Å². The molecule has 0 radical (unpaired) electrons. The molecule has 0 heterocycles. The lowest BCUT2D eigenvalue weighted by Gasteiger charge is -2.24. The summed E-state index contributed by atoms with van der Waals surface area (Å²) in [5.41, 5.74) is 4.94. The third-order valence-corrected chi connectivity index (χ3v) is 11.1. The number of anilines is 1. The van der Waals surface area contributed by atoms with Gasteiger partial charge < -0.3 is 14.6 Å². The molecule has 12 nitrogen and oxygen atoms in total. The van der Waals surface area contributed by atoms with Crippen LogP contribution in [-0.4, -0.2) is 67.4 Å². The largest absolute Gasteiger partial charge is 0.744 e. The first kappa shape index (κ1) is 38.3. The van der Waals surface area contributed by atoms with E-state index in [1.807, 2.05) is 47.6 Å². The molecule has 0 saturated heterocycles. The van der Waals surface area contributed by atoms with E-state index in [2.05, 4.69) is 0 Å². The van der Waals surface area contributed by atoms with Crippen LogP contribution in [0.2, 0.25) is 0 Å². The number of phenolic OH excluding ortho intramolecular Hbond substituents is 1. The predicted molar refractivity (Wildman–Crippen MR) is 196 cm³/mol. The molecule has 0 bridgehead atoms. The van der Waals surface area contributed by atoms with E-state index in [9.17, 15) is 44.0 Å². The summed E-state index contributed by atoms with van der Waals surface area (Å²) in [7, 11) is -13.7. The molecule has 3 N–H and O–H groups in total. The van der Waals surface area contributed by atoms with E-state index in [1.165, 1.54) is 36.4 Å². The van der Waals surface area contributed by atoms with Gasteiger partial charge in [0.05, 0.1) is 14.7 Å². The quantitative estimate of drug-likeness (QED) is 0.123. The first-order chi connectivity index (χ1) is 24.5. The van der Waals surface area contributed by atoms with E-state index in [0.29, 0.717) is 42.9 Å². The third-order valence-electron chi connectivity index (χ3n) is 8.50. The van der Waals surface area contributed by atoms with Crippen molar-refractivity contribution in [3.63, 3.8) is 0 Å². The van der Waals surface area contributed by atoms with Crippen LogP contribution in [0.4, 0.5) is 5.69 Å². The molecule has 0 aromatic heterocycles. The number of benzene rings is 4. The maximum atomic E-state index is 12.4. The normalized spacial score (nSPS) is 13.3. The molecule has 0 fully saturated rings. The van der Waals surface area contributed by atoms with E-state index in [-0.39, 0.29) is 21.1 Å². The topological polar surface area (TPSA) is 192 Å². The standard InChI is InChI=1S/C37H36N2O10S3/c1-3-38(24-26-5-18-33(19-6-26)50(41,42)43)30-13-9-28(10-14-30)37(35-22-17-32(40)23-36(35)52(47,48)49)29-11-15-31(16-12-29)39(4-2)25-27-7-20-34(21-8-27)51(44,45)46/h5-23H,3-4,24-25H2,1-2H3,(H3,41,42,43,44,45,46,47,48,49). The van der Waals surface area contributed by atoms with Gasteiger partial charge in [-0.15, -0.1) is 0 Å². The van der Waals surface area contributed by atoms with Crippen molar-refractivity contribution in [2.45, 2.75) is 41.6 Å². The van der Waals surface area contributed by atoms with Crippen molar-refractivity contribution in [2.75, 3.05) is 18.0 Å². The maximum Gasteiger partial charge on any atom is 0.294 e. The van der Waals surface area contributed by atoms with Gasteiger partial charge in [-0.3, -0.25) is 9.11 Å². The van der Waals surface area contributed by atoms with Crippen LogP contribution in [0.1, 0.15) is 36.1 Å². The van der Waals surface area contributed by atoms with Gasteiger partial charge in [-0.05, 0) is 103 Å². The molecule has 0 saturated carbocycles. The SMILES string of the molecule is CCN(Cc1ccc(S(=O)(=O)O)cc1)c1ccc(C(=C2C=CC(=[N+](CC)Cc3ccc(S(=O)(=O)O)cc3)C=C2)c2ccc(O)cc2S(=O)(=O)[O-])cc1. The van der Waals surface area contributed by atoms with Crippen LogP contribution < -0.4 is 4.90 Å². The van der Waals surface area contributed by atoms with Crippen LogP contribution in [0.3, 0.4) is 0 Å². The van der Waals surface area contributed by atoms with Crippen LogP contribution in [0.5, 0.6) is 5.75 Å². The summed E-state index contributed by atoms with van der Waals surface area (Å²) < 4.78 is 104. The van der Waals surface area contributed by atoms with Crippen molar-refractivity contribution in [1.29, 1.82) is 0 Å². The summed E-state index contributed by atoms with van der Waals surface area (Å²) in [5.74, 6) is -0.380. The van der Waals surface area contributed by atoms with Crippen LogP contribution in [0.15, 0.2) is 136 Å². The lowest BCUT2D eigenvalue weighted by molar-refractivity contribution is -0.539. The fraction of sp³-hybridized carbons (Fsp3) is 0.162. The minimum absolute atomic E-state index is 0.103. The Balaban J connectivity index is 1.53. The lowest BCUT2D eigenvalue weighted by atomic mass is 9.90. The third kappa shape index (κ3) is 9.11.